The molecule has 6 nitrogen and oxygen atoms in total. The minimum absolute atomic E-state index is 0.0389. The third-order valence-corrected chi connectivity index (χ3v) is 7.13. The summed E-state index contributed by atoms with van der Waals surface area (Å²) < 4.78 is 105. The fourth-order valence-electron chi connectivity index (χ4n) is 5.18. The van der Waals surface area contributed by atoms with Gasteiger partial charge in [-0.1, -0.05) is 26.8 Å². The van der Waals surface area contributed by atoms with Crippen LogP contribution in [0.1, 0.15) is 86.9 Å². The van der Waals surface area contributed by atoms with E-state index in [1.54, 1.807) is 25.1 Å². The van der Waals surface area contributed by atoms with Crippen LogP contribution < -0.4 is 4.90 Å². The fraction of sp³-hybridized carbons (Fsp3) is 0.467. The van der Waals surface area contributed by atoms with E-state index in [0.29, 0.717) is 21.4 Å². The monoisotopic (exact) mass is 493 g/mol. The molecular weight excluding hydrogens is 448 g/mol. The normalized spacial score (nSPS) is 31.2. The van der Waals surface area contributed by atoms with Gasteiger partial charge in [-0.15, -0.1) is 0 Å². The van der Waals surface area contributed by atoms with Crippen molar-refractivity contribution in [2.45, 2.75) is 51.3 Å². The maximum Gasteiger partial charge on any atom is 0.195 e. The molecule has 186 valence electrons. The molecular formula is C30H34N4O2. The number of aromatic nitrogens is 1. The molecule has 3 heterocycles. The molecule has 3 aromatic rings. The van der Waals surface area contributed by atoms with Crippen LogP contribution in [0.5, 0.6) is 0 Å². The van der Waals surface area contributed by atoms with Gasteiger partial charge in [-0.2, -0.15) is 5.26 Å². The van der Waals surface area contributed by atoms with Crippen molar-refractivity contribution in [2.24, 2.45) is 0 Å². The largest absolute Gasteiger partial charge is 0.379 e. The number of piperidine rings is 1. The van der Waals surface area contributed by atoms with Gasteiger partial charge in [0, 0.05) is 80.4 Å². The Balaban J connectivity index is 1.62. The predicted molar refractivity (Wildman–Crippen MR) is 142 cm³/mol. The standard InChI is InChI=1S/C30H34N4O2/c1-4-20-16-23-24(17-26(20)34-9-7-21(8-10-34)33-11-13-36-14-12-33)30(2,3)29-27(28(23)35)22-6-5-19(18-31)15-25(22)32-29/h5-6,15-17,21,32H,4,7-14H2,1-3H3/i2D,3D,7D2,8D2,9D2,10D2,21D. The second-order valence-electron chi connectivity index (χ2n) is 9.30. The molecule has 1 aromatic heterocycles. The van der Waals surface area contributed by atoms with E-state index in [4.69, 9.17) is 18.4 Å². The number of ether oxygens (including phenoxy) is 1. The Hall–Kier alpha value is -3.14. The topological polar surface area (TPSA) is 72.4 Å². The molecule has 1 N–H and O–H groups in total. The fourth-order valence-corrected chi connectivity index (χ4v) is 5.18. The Kier molecular flexibility index (Phi) is 3.40. The number of hydrogen-bond acceptors (Lipinski definition) is 5. The van der Waals surface area contributed by atoms with Gasteiger partial charge >= 0.3 is 0 Å². The summed E-state index contributed by atoms with van der Waals surface area (Å²) in [5.74, 6) is -0.447. The number of hydrogen-bond donors (Lipinski definition) is 1. The van der Waals surface area contributed by atoms with Gasteiger partial charge in [0.15, 0.2) is 5.78 Å². The minimum atomic E-state index is -3.33. The first-order valence-corrected chi connectivity index (χ1v) is 11.9. The number of aryl methyl sites for hydroxylation is 1. The molecule has 0 radical (unpaired) electrons. The van der Waals surface area contributed by atoms with Crippen LogP contribution in [-0.4, -0.2) is 61.0 Å². The van der Waals surface area contributed by atoms with Gasteiger partial charge in [0.25, 0.3) is 0 Å². The molecule has 6 heteroatoms. The summed E-state index contributed by atoms with van der Waals surface area (Å²) in [7, 11) is 0. The highest BCUT2D eigenvalue weighted by Gasteiger charge is 2.40. The summed E-state index contributed by atoms with van der Waals surface area (Å²) >= 11 is 0. The summed E-state index contributed by atoms with van der Waals surface area (Å²) in [5, 5.41) is 9.94. The molecule has 36 heavy (non-hydrogen) atoms. The number of benzene rings is 2. The summed E-state index contributed by atoms with van der Waals surface area (Å²) in [6.07, 6.45) is -6.54. The van der Waals surface area contributed by atoms with E-state index >= 15 is 0 Å². The average molecular weight is 494 g/mol. The summed E-state index contributed by atoms with van der Waals surface area (Å²) in [5.41, 5.74) is 0.0315. The van der Waals surface area contributed by atoms with Crippen molar-refractivity contribution in [3.8, 4) is 6.07 Å². The van der Waals surface area contributed by atoms with Crippen molar-refractivity contribution in [1.29, 1.82) is 5.26 Å². The number of carbonyl (C=O) groups excluding carboxylic acids is 1. The van der Waals surface area contributed by atoms with E-state index in [1.807, 2.05) is 0 Å². The number of nitriles is 1. The van der Waals surface area contributed by atoms with E-state index in [9.17, 15) is 11.4 Å². The Bertz CT molecular complexity index is 1800. The number of rotatable bonds is 3. The van der Waals surface area contributed by atoms with Crippen LogP contribution in [0.4, 0.5) is 5.69 Å². The highest BCUT2D eigenvalue weighted by Crippen LogP contribution is 2.46. The Morgan fingerprint density at radius 1 is 1.25 bits per heavy atom. The van der Waals surface area contributed by atoms with Gasteiger partial charge in [0.2, 0.25) is 0 Å². The number of nitrogens with zero attached hydrogens (tertiary/aromatic N) is 3. The van der Waals surface area contributed by atoms with Crippen molar-refractivity contribution in [3.63, 3.8) is 0 Å². The van der Waals surface area contributed by atoms with Crippen molar-refractivity contribution in [2.75, 3.05) is 44.2 Å². The average Bonchev–Trinajstić information content (AvgIpc) is 3.43. The lowest BCUT2D eigenvalue weighted by atomic mass is 9.70. The molecule has 0 saturated carbocycles. The Labute approximate surface area is 228 Å². The molecule has 2 fully saturated rings. The summed E-state index contributed by atoms with van der Waals surface area (Å²) in [6.45, 7) is -5.96. The number of fused-ring (bicyclic) bond motifs is 4. The third kappa shape index (κ3) is 3.56. The number of morpholine rings is 1. The number of aromatic amines is 1. The molecule has 6 rings (SSSR count). The second-order valence-corrected chi connectivity index (χ2v) is 9.30. The van der Waals surface area contributed by atoms with Crippen LogP contribution in [0.25, 0.3) is 10.9 Å². The molecule has 2 saturated heterocycles. The van der Waals surface area contributed by atoms with Crippen LogP contribution in [0, 0.1) is 11.3 Å². The minimum Gasteiger partial charge on any atom is -0.379 e. The number of carbonyl (C=O) groups is 1. The van der Waals surface area contributed by atoms with Crippen LogP contribution >= 0.6 is 0 Å². The highest BCUT2D eigenvalue weighted by molar-refractivity contribution is 6.20. The maximum atomic E-state index is 14.2. The number of nitrogens with one attached hydrogen (secondary N) is 1. The van der Waals surface area contributed by atoms with E-state index < -0.39 is 56.8 Å². The lowest BCUT2D eigenvalue weighted by molar-refractivity contribution is 0.0115. The van der Waals surface area contributed by atoms with Crippen LogP contribution in [0.2, 0.25) is 0 Å². The smallest absolute Gasteiger partial charge is 0.195 e. The predicted octanol–water partition coefficient (Wildman–Crippen LogP) is 4.77. The molecule has 0 unspecified atom stereocenters. The van der Waals surface area contributed by atoms with E-state index in [0.717, 1.165) is 4.90 Å². The molecule has 0 amide bonds. The SMILES string of the molecule is [2H]CC1(C[2H])c2cc(N3C([2H])([2H])C([2H])([2H])C([2H])(N4CCOCC4)C([2H])([2H])C3([2H])[2H])c(CC)cc2C(=O)c2c1[nH]c1cc(C#N)ccc21. The van der Waals surface area contributed by atoms with Crippen molar-refractivity contribution in [3.05, 3.63) is 63.8 Å². The second kappa shape index (κ2) is 8.76. The lowest BCUT2D eigenvalue weighted by Gasteiger charge is -2.42. The molecule has 1 aliphatic carbocycles. The zero-order chi connectivity index (χ0) is 34.5. The molecule has 2 aliphatic heterocycles. The van der Waals surface area contributed by atoms with Crippen LogP contribution in [0.15, 0.2) is 30.3 Å². The molecule has 0 spiro atoms. The molecule has 0 bridgehead atoms. The first-order chi connectivity index (χ1) is 21.9. The Morgan fingerprint density at radius 2 is 2.03 bits per heavy atom. The van der Waals surface area contributed by atoms with Crippen molar-refractivity contribution in [1.82, 2.24) is 9.88 Å². The van der Waals surface area contributed by atoms with Gasteiger partial charge in [-0.25, -0.2) is 0 Å². The van der Waals surface area contributed by atoms with Crippen molar-refractivity contribution >= 4 is 22.4 Å². The highest BCUT2D eigenvalue weighted by atomic mass is 16.5. The van der Waals surface area contributed by atoms with E-state index in [1.165, 1.54) is 12.1 Å². The van der Waals surface area contributed by atoms with Crippen LogP contribution in [0.3, 0.4) is 0 Å². The van der Waals surface area contributed by atoms with E-state index in [2.05, 4.69) is 11.1 Å². The Morgan fingerprint density at radius 3 is 2.72 bits per heavy atom. The van der Waals surface area contributed by atoms with Crippen LogP contribution in [-0.2, 0) is 16.6 Å². The zero-order valence-corrected chi connectivity index (χ0v) is 20.0. The molecule has 0 atom stereocenters. The van der Waals surface area contributed by atoms with Gasteiger partial charge in [0.05, 0.1) is 30.4 Å². The molecule has 2 aromatic carbocycles. The third-order valence-electron chi connectivity index (χ3n) is 7.13. The molecule has 3 aliphatic rings. The van der Waals surface area contributed by atoms with Gasteiger partial charge < -0.3 is 14.6 Å². The first-order valence-electron chi connectivity index (χ1n) is 17.9. The number of anilines is 1. The summed E-state index contributed by atoms with van der Waals surface area (Å²) in [6, 6.07) is 6.54. The zero-order valence-electron chi connectivity index (χ0n) is 31.0. The maximum absolute atomic E-state index is 14.2. The van der Waals surface area contributed by atoms with E-state index in [-0.39, 0.29) is 66.4 Å². The summed E-state index contributed by atoms with van der Waals surface area (Å²) in [4.78, 5) is 18.9. The van der Waals surface area contributed by atoms with Gasteiger partial charge in [0.1, 0.15) is 0 Å². The lowest BCUT2D eigenvalue weighted by Crippen LogP contribution is -2.49. The van der Waals surface area contributed by atoms with Gasteiger partial charge in [-0.3, -0.25) is 9.69 Å². The first kappa shape index (κ1) is 14.0. The van der Waals surface area contributed by atoms with Crippen molar-refractivity contribution < 1.29 is 24.6 Å². The number of H-pyrrole nitrogens is 1. The van der Waals surface area contributed by atoms with Gasteiger partial charge in [-0.05, 0) is 54.6 Å². The number of ketones is 1. The quantitative estimate of drug-likeness (QED) is 0.569.